The fraction of sp³-hybridized carbons (Fsp3) is 0.429. The Morgan fingerprint density at radius 2 is 1.81 bits per heavy atom. The van der Waals surface area contributed by atoms with Gasteiger partial charge in [-0.2, -0.15) is 13.2 Å². The molecule has 1 aromatic carbocycles. The first-order valence-corrected chi connectivity index (χ1v) is 7.62. The Bertz CT molecular complexity index is 572. The first kappa shape index (κ1) is 16.0. The molecule has 0 saturated heterocycles. The summed E-state index contributed by atoms with van der Waals surface area (Å²) in [7, 11) is 0. The number of unbranched alkanes of at least 4 members (excludes halogenated alkanes) is 2. The maximum atomic E-state index is 12.7. The number of anilines is 1. The number of carbonyl (C=O) groups excluding carboxylic acids is 2. The lowest BCUT2D eigenvalue weighted by atomic mass is 10.1. The molecule has 1 aliphatic rings. The molecule has 3 nitrogen and oxygen atoms in total. The molecule has 114 valence electrons. The van der Waals surface area contributed by atoms with E-state index in [4.69, 9.17) is 0 Å². The Labute approximate surface area is 128 Å². The van der Waals surface area contributed by atoms with Crippen LogP contribution in [0, 0.1) is 0 Å². The summed E-state index contributed by atoms with van der Waals surface area (Å²) in [5, 5.41) is 0.853. The quantitative estimate of drug-likeness (QED) is 0.453. The van der Waals surface area contributed by atoms with Crippen LogP contribution in [-0.4, -0.2) is 23.6 Å². The van der Waals surface area contributed by atoms with Gasteiger partial charge in [0.05, 0.1) is 16.8 Å². The van der Waals surface area contributed by atoms with Crippen molar-refractivity contribution in [1.29, 1.82) is 0 Å². The van der Waals surface area contributed by atoms with E-state index in [2.05, 4.69) is 15.9 Å². The number of benzene rings is 1. The minimum atomic E-state index is -4.53. The van der Waals surface area contributed by atoms with E-state index >= 15 is 0 Å². The van der Waals surface area contributed by atoms with Crippen LogP contribution in [0.5, 0.6) is 0 Å². The van der Waals surface area contributed by atoms with Gasteiger partial charge in [-0.05, 0) is 31.0 Å². The van der Waals surface area contributed by atoms with Gasteiger partial charge in [-0.1, -0.05) is 22.4 Å². The van der Waals surface area contributed by atoms with E-state index in [1.165, 1.54) is 11.0 Å². The van der Waals surface area contributed by atoms with Gasteiger partial charge in [0, 0.05) is 11.9 Å². The summed E-state index contributed by atoms with van der Waals surface area (Å²) in [6.45, 7) is 0.343. The van der Waals surface area contributed by atoms with E-state index in [0.717, 1.165) is 30.3 Å². The van der Waals surface area contributed by atoms with Crippen molar-refractivity contribution in [2.45, 2.75) is 25.4 Å². The average Bonchev–Trinajstić information content (AvgIpc) is 2.67. The van der Waals surface area contributed by atoms with Crippen molar-refractivity contribution < 1.29 is 22.8 Å². The molecule has 1 amide bonds. The van der Waals surface area contributed by atoms with Crippen LogP contribution in [0.4, 0.5) is 18.9 Å². The molecule has 0 N–H and O–H groups in total. The number of hydrogen-bond acceptors (Lipinski definition) is 2. The molecule has 21 heavy (non-hydrogen) atoms. The van der Waals surface area contributed by atoms with Gasteiger partial charge in [-0.15, -0.1) is 0 Å². The summed E-state index contributed by atoms with van der Waals surface area (Å²) in [5.74, 6) is -1.61. The number of alkyl halides is 4. The van der Waals surface area contributed by atoms with Crippen LogP contribution < -0.4 is 4.90 Å². The van der Waals surface area contributed by atoms with E-state index in [9.17, 15) is 22.8 Å². The number of ketones is 1. The van der Waals surface area contributed by atoms with Crippen molar-refractivity contribution in [1.82, 2.24) is 0 Å². The first-order chi connectivity index (χ1) is 9.86. The van der Waals surface area contributed by atoms with Gasteiger partial charge in [0.1, 0.15) is 0 Å². The molecule has 7 heteroatoms. The molecule has 0 fully saturated rings. The standard InChI is InChI=1S/C14H13BrF3NO2/c15-6-2-1-3-7-19-11-5-4-9(14(16,17)18)8-10(11)12(20)13(19)21/h4-5,8H,1-3,6-7H2. The minimum absolute atomic E-state index is 0.157. The maximum Gasteiger partial charge on any atom is 0.416 e. The summed E-state index contributed by atoms with van der Waals surface area (Å²) >= 11 is 3.30. The molecular weight excluding hydrogens is 351 g/mol. The second-order valence-corrected chi connectivity index (χ2v) is 5.56. The van der Waals surface area contributed by atoms with Crippen molar-refractivity contribution in [3.8, 4) is 0 Å². The number of amides is 1. The highest BCUT2D eigenvalue weighted by atomic mass is 79.9. The Morgan fingerprint density at radius 1 is 1.10 bits per heavy atom. The zero-order valence-electron chi connectivity index (χ0n) is 11.0. The summed E-state index contributed by atoms with van der Waals surface area (Å²) < 4.78 is 38.0. The molecule has 0 aromatic heterocycles. The van der Waals surface area contributed by atoms with Crippen molar-refractivity contribution >= 4 is 33.3 Å². The van der Waals surface area contributed by atoms with E-state index in [1.54, 1.807) is 0 Å². The summed E-state index contributed by atoms with van der Waals surface area (Å²) in [5.41, 5.74) is -0.796. The Morgan fingerprint density at radius 3 is 2.43 bits per heavy atom. The predicted octanol–water partition coefficient (Wildman–Crippen LogP) is 3.80. The van der Waals surface area contributed by atoms with Crippen LogP contribution in [0.2, 0.25) is 0 Å². The molecular formula is C14H13BrF3NO2. The lowest BCUT2D eigenvalue weighted by Gasteiger charge is -2.16. The van der Waals surface area contributed by atoms with Crippen LogP contribution in [-0.2, 0) is 11.0 Å². The molecule has 0 atom stereocenters. The summed E-state index contributed by atoms with van der Waals surface area (Å²) in [6, 6.07) is 2.86. The van der Waals surface area contributed by atoms with Crippen molar-refractivity contribution in [2.24, 2.45) is 0 Å². The molecule has 0 unspecified atom stereocenters. The predicted molar refractivity (Wildman–Crippen MR) is 75.8 cm³/mol. The number of Topliss-reactive ketones (excluding diaryl/α,β-unsaturated/α-hetero) is 1. The fourth-order valence-corrected chi connectivity index (χ4v) is 2.64. The van der Waals surface area contributed by atoms with Gasteiger partial charge < -0.3 is 4.90 Å². The first-order valence-electron chi connectivity index (χ1n) is 6.49. The van der Waals surface area contributed by atoms with Gasteiger partial charge in [-0.25, -0.2) is 0 Å². The third-order valence-corrected chi connectivity index (χ3v) is 3.87. The highest BCUT2D eigenvalue weighted by molar-refractivity contribution is 9.09. The number of halogens is 4. The number of rotatable bonds is 5. The molecule has 0 spiro atoms. The van der Waals surface area contributed by atoms with Gasteiger partial charge in [-0.3, -0.25) is 9.59 Å². The fourth-order valence-electron chi connectivity index (χ4n) is 2.24. The molecule has 0 radical (unpaired) electrons. The SMILES string of the molecule is O=C1C(=O)N(CCCCCBr)c2ccc(C(F)(F)F)cc21. The van der Waals surface area contributed by atoms with Gasteiger partial charge in [0.15, 0.2) is 0 Å². The highest BCUT2D eigenvalue weighted by Crippen LogP contribution is 2.36. The van der Waals surface area contributed by atoms with E-state index < -0.39 is 23.4 Å². The van der Waals surface area contributed by atoms with Crippen LogP contribution in [0.1, 0.15) is 35.2 Å². The Kier molecular flexibility index (Phi) is 4.70. The van der Waals surface area contributed by atoms with E-state index in [-0.39, 0.29) is 11.3 Å². The second kappa shape index (κ2) is 6.17. The number of fused-ring (bicyclic) bond motifs is 1. The Hall–Kier alpha value is -1.37. The number of hydrogen-bond donors (Lipinski definition) is 0. The molecule has 0 aliphatic carbocycles. The van der Waals surface area contributed by atoms with Crippen molar-refractivity contribution in [3.05, 3.63) is 29.3 Å². The van der Waals surface area contributed by atoms with Crippen LogP contribution in [0.25, 0.3) is 0 Å². The zero-order chi connectivity index (χ0) is 15.6. The summed E-state index contributed by atoms with van der Waals surface area (Å²) in [4.78, 5) is 25.0. The topological polar surface area (TPSA) is 37.4 Å². The smallest absolute Gasteiger partial charge is 0.305 e. The number of nitrogens with zero attached hydrogens (tertiary/aromatic N) is 1. The third kappa shape index (κ3) is 3.28. The van der Waals surface area contributed by atoms with Gasteiger partial charge >= 0.3 is 6.18 Å². The van der Waals surface area contributed by atoms with Gasteiger partial charge in [0.2, 0.25) is 0 Å². The normalized spacial score (nSPS) is 14.8. The zero-order valence-corrected chi connectivity index (χ0v) is 12.6. The number of carbonyl (C=O) groups is 2. The van der Waals surface area contributed by atoms with E-state index in [0.29, 0.717) is 13.0 Å². The summed E-state index contributed by atoms with van der Waals surface area (Å²) in [6.07, 6.45) is -2.01. The second-order valence-electron chi connectivity index (χ2n) is 4.77. The van der Waals surface area contributed by atoms with Crippen LogP contribution in [0.3, 0.4) is 0 Å². The van der Waals surface area contributed by atoms with Crippen molar-refractivity contribution in [3.63, 3.8) is 0 Å². The molecule has 2 rings (SSSR count). The lowest BCUT2D eigenvalue weighted by molar-refractivity contribution is -0.137. The molecule has 0 saturated carbocycles. The van der Waals surface area contributed by atoms with Crippen molar-refractivity contribution in [2.75, 3.05) is 16.8 Å². The molecule has 1 aliphatic heterocycles. The highest BCUT2D eigenvalue weighted by Gasteiger charge is 2.38. The Balaban J connectivity index is 2.22. The largest absolute Gasteiger partial charge is 0.416 e. The molecule has 1 heterocycles. The van der Waals surface area contributed by atoms with Crippen LogP contribution in [0.15, 0.2) is 18.2 Å². The molecule has 1 aromatic rings. The monoisotopic (exact) mass is 363 g/mol. The third-order valence-electron chi connectivity index (χ3n) is 3.31. The minimum Gasteiger partial charge on any atom is -0.305 e. The maximum absolute atomic E-state index is 12.7. The van der Waals surface area contributed by atoms with Crippen LogP contribution >= 0.6 is 15.9 Å². The van der Waals surface area contributed by atoms with Gasteiger partial charge in [0.25, 0.3) is 11.7 Å². The molecule has 0 bridgehead atoms. The van der Waals surface area contributed by atoms with E-state index in [1.807, 2.05) is 0 Å². The average molecular weight is 364 g/mol. The lowest BCUT2D eigenvalue weighted by Crippen LogP contribution is -2.30.